The SMILES string of the molecule is Cc1cccc(CN2CCN(C(=O)NC3CCN(CC(N)=O)CC3)CC2)c1. The fourth-order valence-corrected chi connectivity index (χ4v) is 3.90. The zero-order chi connectivity index (χ0) is 19.2. The maximum Gasteiger partial charge on any atom is 0.317 e. The van der Waals surface area contributed by atoms with Crippen LogP contribution in [0.3, 0.4) is 0 Å². The van der Waals surface area contributed by atoms with Crippen molar-refractivity contribution < 1.29 is 9.59 Å². The smallest absolute Gasteiger partial charge is 0.317 e. The number of carbonyl (C=O) groups excluding carboxylic acids is 2. The van der Waals surface area contributed by atoms with Crippen LogP contribution in [0, 0.1) is 6.92 Å². The molecule has 0 aromatic heterocycles. The third kappa shape index (κ3) is 5.94. The van der Waals surface area contributed by atoms with Crippen LogP contribution in [0.1, 0.15) is 24.0 Å². The molecule has 3 N–H and O–H groups in total. The Morgan fingerprint density at radius 2 is 1.78 bits per heavy atom. The first-order valence-electron chi connectivity index (χ1n) is 9.83. The van der Waals surface area contributed by atoms with E-state index in [9.17, 15) is 9.59 Å². The molecule has 2 heterocycles. The number of nitrogens with zero attached hydrogens (tertiary/aromatic N) is 3. The van der Waals surface area contributed by atoms with Crippen molar-refractivity contribution in [2.24, 2.45) is 5.73 Å². The summed E-state index contributed by atoms with van der Waals surface area (Å²) in [7, 11) is 0. The Bertz CT molecular complexity index is 650. The summed E-state index contributed by atoms with van der Waals surface area (Å²) in [4.78, 5) is 29.9. The number of likely N-dealkylation sites (tertiary alicyclic amines) is 1. The monoisotopic (exact) mass is 373 g/mol. The van der Waals surface area contributed by atoms with Crippen molar-refractivity contribution in [3.63, 3.8) is 0 Å². The van der Waals surface area contributed by atoms with Crippen LogP contribution in [0.2, 0.25) is 0 Å². The molecule has 1 aromatic carbocycles. The van der Waals surface area contributed by atoms with E-state index in [0.29, 0.717) is 6.54 Å². The molecule has 1 aromatic rings. The Kier molecular flexibility index (Phi) is 6.68. The second-order valence-corrected chi connectivity index (χ2v) is 7.72. The number of piperidine rings is 1. The van der Waals surface area contributed by atoms with E-state index in [1.807, 2.05) is 4.90 Å². The second kappa shape index (κ2) is 9.19. The molecule has 0 spiro atoms. The minimum absolute atomic E-state index is 0.0403. The van der Waals surface area contributed by atoms with Gasteiger partial charge in [0, 0.05) is 51.9 Å². The van der Waals surface area contributed by atoms with Crippen molar-refractivity contribution in [1.82, 2.24) is 20.0 Å². The van der Waals surface area contributed by atoms with Crippen molar-refractivity contribution in [2.75, 3.05) is 45.8 Å². The average Bonchev–Trinajstić information content (AvgIpc) is 2.63. The molecule has 3 rings (SSSR count). The highest BCUT2D eigenvalue weighted by Gasteiger charge is 2.25. The fourth-order valence-electron chi connectivity index (χ4n) is 3.90. The minimum Gasteiger partial charge on any atom is -0.369 e. The molecule has 3 amide bonds. The highest BCUT2D eigenvalue weighted by atomic mass is 16.2. The number of nitrogens with one attached hydrogen (secondary N) is 1. The number of hydrogen-bond acceptors (Lipinski definition) is 4. The summed E-state index contributed by atoms with van der Waals surface area (Å²) in [6, 6.07) is 8.83. The quantitative estimate of drug-likeness (QED) is 0.799. The molecule has 7 heteroatoms. The molecule has 2 fully saturated rings. The van der Waals surface area contributed by atoms with Gasteiger partial charge < -0.3 is 16.0 Å². The Hall–Kier alpha value is -2.12. The third-order valence-corrected chi connectivity index (χ3v) is 5.44. The lowest BCUT2D eigenvalue weighted by atomic mass is 10.1. The van der Waals surface area contributed by atoms with Gasteiger partial charge in [-0.15, -0.1) is 0 Å². The standard InChI is InChI=1S/C20H31N5O2/c1-16-3-2-4-17(13-16)14-24-9-11-25(12-10-24)20(27)22-18-5-7-23(8-6-18)15-19(21)26/h2-4,13,18H,5-12,14-15H2,1H3,(H2,21,26)(H,22,27). The molecule has 0 aliphatic carbocycles. The average molecular weight is 374 g/mol. The number of rotatable bonds is 5. The van der Waals surface area contributed by atoms with E-state index in [1.54, 1.807) is 0 Å². The van der Waals surface area contributed by atoms with E-state index < -0.39 is 0 Å². The van der Waals surface area contributed by atoms with Crippen LogP contribution in [0.25, 0.3) is 0 Å². The van der Waals surface area contributed by atoms with Crippen molar-refractivity contribution in [3.05, 3.63) is 35.4 Å². The molecule has 148 valence electrons. The number of hydrogen-bond donors (Lipinski definition) is 2. The molecule has 27 heavy (non-hydrogen) atoms. The van der Waals surface area contributed by atoms with Crippen LogP contribution in [0.15, 0.2) is 24.3 Å². The molecule has 0 saturated carbocycles. The molecule has 2 aliphatic rings. The number of amides is 3. The normalized spacial score (nSPS) is 19.8. The van der Waals surface area contributed by atoms with E-state index in [2.05, 4.69) is 46.3 Å². The number of piperazine rings is 1. The molecule has 2 saturated heterocycles. The van der Waals surface area contributed by atoms with Gasteiger partial charge in [-0.1, -0.05) is 29.8 Å². The molecule has 0 atom stereocenters. The number of benzene rings is 1. The van der Waals surface area contributed by atoms with Crippen LogP contribution in [0.4, 0.5) is 4.79 Å². The lowest BCUT2D eigenvalue weighted by Gasteiger charge is -2.37. The maximum atomic E-state index is 12.5. The van der Waals surface area contributed by atoms with Crippen LogP contribution in [-0.4, -0.2) is 78.5 Å². The van der Waals surface area contributed by atoms with Crippen molar-refractivity contribution >= 4 is 11.9 Å². The third-order valence-electron chi connectivity index (χ3n) is 5.44. The summed E-state index contributed by atoms with van der Waals surface area (Å²) < 4.78 is 0. The summed E-state index contributed by atoms with van der Waals surface area (Å²) in [5.41, 5.74) is 7.86. The van der Waals surface area contributed by atoms with Crippen molar-refractivity contribution in [1.29, 1.82) is 0 Å². The lowest BCUT2D eigenvalue weighted by Crippen LogP contribution is -2.54. The first-order chi connectivity index (χ1) is 13.0. The number of urea groups is 1. The molecule has 0 radical (unpaired) electrons. The van der Waals surface area contributed by atoms with Crippen LogP contribution >= 0.6 is 0 Å². The number of nitrogens with two attached hydrogens (primary N) is 1. The summed E-state index contributed by atoms with van der Waals surface area (Å²) in [5.74, 6) is -0.291. The van der Waals surface area contributed by atoms with Gasteiger partial charge in [0.15, 0.2) is 0 Å². The van der Waals surface area contributed by atoms with Gasteiger partial charge in [0.05, 0.1) is 6.54 Å². The highest BCUT2D eigenvalue weighted by molar-refractivity contribution is 5.76. The van der Waals surface area contributed by atoms with Gasteiger partial charge in [0.2, 0.25) is 5.91 Å². The predicted octanol–water partition coefficient (Wildman–Crippen LogP) is 0.772. The molecule has 2 aliphatic heterocycles. The van der Waals surface area contributed by atoms with E-state index in [4.69, 9.17) is 5.73 Å². The number of primary amides is 1. The van der Waals surface area contributed by atoms with E-state index >= 15 is 0 Å². The predicted molar refractivity (Wildman–Crippen MR) is 105 cm³/mol. The first kappa shape index (κ1) is 19.6. The summed E-state index contributed by atoms with van der Waals surface area (Å²) >= 11 is 0. The minimum atomic E-state index is -0.291. The maximum absolute atomic E-state index is 12.5. The van der Waals surface area contributed by atoms with Crippen molar-refractivity contribution in [3.8, 4) is 0 Å². The first-order valence-corrected chi connectivity index (χ1v) is 9.83. The zero-order valence-corrected chi connectivity index (χ0v) is 16.2. The van der Waals surface area contributed by atoms with E-state index in [1.165, 1.54) is 11.1 Å². The lowest BCUT2D eigenvalue weighted by molar-refractivity contribution is -0.119. The molecule has 0 unspecified atom stereocenters. The Labute approximate surface area is 161 Å². The largest absolute Gasteiger partial charge is 0.369 e. The number of aryl methyl sites for hydroxylation is 1. The summed E-state index contributed by atoms with van der Waals surface area (Å²) in [5, 5.41) is 3.16. The van der Waals surface area contributed by atoms with Crippen molar-refractivity contribution in [2.45, 2.75) is 32.4 Å². The van der Waals surface area contributed by atoms with Gasteiger partial charge in [0.1, 0.15) is 0 Å². The molecular formula is C20H31N5O2. The Morgan fingerprint density at radius 3 is 2.41 bits per heavy atom. The highest BCUT2D eigenvalue weighted by Crippen LogP contribution is 2.13. The van der Waals surface area contributed by atoms with Crippen LogP contribution < -0.4 is 11.1 Å². The van der Waals surface area contributed by atoms with Gasteiger partial charge in [-0.3, -0.25) is 14.6 Å². The molecule has 7 nitrogen and oxygen atoms in total. The van der Waals surface area contributed by atoms with Crippen LogP contribution in [-0.2, 0) is 11.3 Å². The topological polar surface area (TPSA) is 81.9 Å². The van der Waals surface area contributed by atoms with Gasteiger partial charge in [-0.25, -0.2) is 4.79 Å². The fraction of sp³-hybridized carbons (Fsp3) is 0.600. The zero-order valence-electron chi connectivity index (χ0n) is 16.2. The van der Waals surface area contributed by atoms with Gasteiger partial charge >= 0.3 is 6.03 Å². The Morgan fingerprint density at radius 1 is 1.07 bits per heavy atom. The van der Waals surface area contributed by atoms with E-state index in [-0.39, 0.29) is 18.0 Å². The second-order valence-electron chi connectivity index (χ2n) is 7.72. The summed E-state index contributed by atoms with van der Waals surface area (Å²) in [6.45, 7) is 8.30. The summed E-state index contributed by atoms with van der Waals surface area (Å²) in [6.07, 6.45) is 1.73. The Balaban J connectivity index is 1.38. The molecule has 0 bridgehead atoms. The number of carbonyl (C=O) groups is 2. The van der Waals surface area contributed by atoms with Crippen LogP contribution in [0.5, 0.6) is 0 Å². The molecular weight excluding hydrogens is 342 g/mol. The van der Waals surface area contributed by atoms with Gasteiger partial charge in [-0.2, -0.15) is 0 Å². The van der Waals surface area contributed by atoms with Gasteiger partial charge in [0.25, 0.3) is 0 Å². The van der Waals surface area contributed by atoms with Gasteiger partial charge in [-0.05, 0) is 25.3 Å². The van der Waals surface area contributed by atoms with E-state index in [0.717, 1.165) is 58.7 Å².